The van der Waals surface area contributed by atoms with Crippen molar-refractivity contribution in [3.63, 3.8) is 0 Å². The average Bonchev–Trinajstić information content (AvgIpc) is 3.10. The highest BCUT2D eigenvalue weighted by atomic mass is 35.5. The molecule has 1 heterocycles. The third-order valence-electron chi connectivity index (χ3n) is 3.05. The van der Waals surface area contributed by atoms with Gasteiger partial charge in [-0.1, -0.05) is 11.6 Å². The van der Waals surface area contributed by atoms with Crippen LogP contribution < -0.4 is 5.32 Å². The summed E-state index contributed by atoms with van der Waals surface area (Å²) in [6.07, 6.45) is 1.96. The number of amides is 2. The van der Waals surface area contributed by atoms with E-state index in [0.29, 0.717) is 16.3 Å². The third kappa shape index (κ3) is 1.89. The molecule has 0 atom stereocenters. The average molecular weight is 251 g/mol. The summed E-state index contributed by atoms with van der Waals surface area (Å²) in [5.74, 6) is -0.255. The van der Waals surface area contributed by atoms with Crippen molar-refractivity contribution >= 4 is 29.1 Å². The van der Waals surface area contributed by atoms with Gasteiger partial charge in [0.05, 0.1) is 11.3 Å². The van der Waals surface area contributed by atoms with Crippen LogP contribution in [-0.2, 0) is 4.79 Å². The number of halogens is 1. The summed E-state index contributed by atoms with van der Waals surface area (Å²) in [5, 5.41) is 3.24. The molecule has 1 saturated carbocycles. The predicted molar refractivity (Wildman–Crippen MR) is 64.1 cm³/mol. The molecule has 0 saturated heterocycles. The van der Waals surface area contributed by atoms with Crippen molar-refractivity contribution in [1.29, 1.82) is 0 Å². The molecule has 2 amide bonds. The number of fused-ring (bicyclic) bond motifs is 1. The van der Waals surface area contributed by atoms with Crippen LogP contribution in [0.2, 0.25) is 5.02 Å². The van der Waals surface area contributed by atoms with Crippen LogP contribution in [0.5, 0.6) is 0 Å². The first-order valence-electron chi connectivity index (χ1n) is 5.55. The number of nitrogens with one attached hydrogen (secondary N) is 1. The highest BCUT2D eigenvalue weighted by Crippen LogP contribution is 2.32. The Morgan fingerprint density at radius 2 is 2.06 bits per heavy atom. The maximum Gasteiger partial charge on any atom is 0.256 e. The van der Waals surface area contributed by atoms with E-state index in [1.54, 1.807) is 23.1 Å². The zero-order valence-electron chi connectivity index (χ0n) is 9.07. The lowest BCUT2D eigenvalue weighted by Gasteiger charge is -2.18. The quantitative estimate of drug-likeness (QED) is 0.828. The summed E-state index contributed by atoms with van der Waals surface area (Å²) in [6, 6.07) is 5.17. The number of anilines is 1. The molecule has 1 aromatic rings. The molecule has 4 nitrogen and oxygen atoms in total. The minimum Gasteiger partial charge on any atom is -0.326 e. The molecule has 1 aromatic carbocycles. The molecule has 2 aliphatic rings. The van der Waals surface area contributed by atoms with E-state index < -0.39 is 0 Å². The fraction of sp³-hybridized carbons (Fsp3) is 0.333. The smallest absolute Gasteiger partial charge is 0.256 e. The Bertz CT molecular complexity index is 511. The fourth-order valence-electron chi connectivity index (χ4n) is 2.05. The molecule has 1 aliphatic heterocycles. The summed E-state index contributed by atoms with van der Waals surface area (Å²) >= 11 is 5.89. The topological polar surface area (TPSA) is 49.4 Å². The first-order valence-corrected chi connectivity index (χ1v) is 5.93. The van der Waals surface area contributed by atoms with Gasteiger partial charge in [0.1, 0.15) is 6.54 Å². The molecule has 0 bridgehead atoms. The summed E-state index contributed by atoms with van der Waals surface area (Å²) in [4.78, 5) is 25.6. The molecular formula is C12H11ClN2O2. The van der Waals surface area contributed by atoms with E-state index >= 15 is 0 Å². The molecule has 1 fully saturated rings. The number of hydrogen-bond acceptors (Lipinski definition) is 2. The van der Waals surface area contributed by atoms with Crippen molar-refractivity contribution in [2.24, 2.45) is 0 Å². The molecule has 1 aliphatic carbocycles. The number of nitrogens with zero attached hydrogens (tertiary/aromatic N) is 1. The summed E-state index contributed by atoms with van der Waals surface area (Å²) in [5.41, 5.74) is 1.03. The monoisotopic (exact) mass is 250 g/mol. The van der Waals surface area contributed by atoms with Gasteiger partial charge < -0.3 is 10.2 Å². The van der Waals surface area contributed by atoms with E-state index in [2.05, 4.69) is 5.32 Å². The lowest BCUT2D eigenvalue weighted by atomic mass is 10.1. The van der Waals surface area contributed by atoms with Crippen LogP contribution in [0.15, 0.2) is 18.2 Å². The van der Waals surface area contributed by atoms with Crippen LogP contribution in [0.4, 0.5) is 5.69 Å². The normalized spacial score (nSPS) is 19.7. The molecule has 0 unspecified atom stereocenters. The van der Waals surface area contributed by atoms with Crippen LogP contribution in [0.25, 0.3) is 0 Å². The fourth-order valence-corrected chi connectivity index (χ4v) is 2.23. The van der Waals surface area contributed by atoms with E-state index in [1.807, 2.05) is 0 Å². The highest BCUT2D eigenvalue weighted by Gasteiger charge is 2.36. The van der Waals surface area contributed by atoms with Crippen LogP contribution in [0, 0.1) is 0 Å². The van der Waals surface area contributed by atoms with Gasteiger partial charge >= 0.3 is 0 Å². The standard InChI is InChI=1S/C12H11ClN2O2/c13-7-1-4-10-9(5-7)12(17)15(8-2-3-8)6-11(16)14-10/h1,4-5,8H,2-3,6H2,(H,14,16). The van der Waals surface area contributed by atoms with Gasteiger partial charge in [-0.15, -0.1) is 0 Å². The predicted octanol–water partition coefficient (Wildman–Crippen LogP) is 1.90. The zero-order valence-corrected chi connectivity index (χ0v) is 9.83. The molecular weight excluding hydrogens is 240 g/mol. The first-order chi connectivity index (χ1) is 8.15. The molecule has 0 aromatic heterocycles. The van der Waals surface area contributed by atoms with Gasteiger partial charge in [0.15, 0.2) is 0 Å². The van der Waals surface area contributed by atoms with Crippen molar-refractivity contribution in [3.8, 4) is 0 Å². The van der Waals surface area contributed by atoms with Gasteiger partial charge in [0.2, 0.25) is 5.91 Å². The SMILES string of the molecule is O=C1CN(C2CC2)C(=O)c2cc(Cl)ccc2N1. The number of hydrogen-bond donors (Lipinski definition) is 1. The van der Waals surface area contributed by atoms with Crippen LogP contribution >= 0.6 is 11.6 Å². The van der Waals surface area contributed by atoms with E-state index in [4.69, 9.17) is 11.6 Å². The van der Waals surface area contributed by atoms with Gasteiger partial charge in [-0.3, -0.25) is 9.59 Å². The Morgan fingerprint density at radius 1 is 1.29 bits per heavy atom. The Balaban J connectivity index is 2.06. The number of carbonyl (C=O) groups is 2. The molecule has 17 heavy (non-hydrogen) atoms. The van der Waals surface area contributed by atoms with Crippen LogP contribution in [0.1, 0.15) is 23.2 Å². The number of rotatable bonds is 1. The summed E-state index contributed by atoms with van der Waals surface area (Å²) in [6.45, 7) is 0.135. The van der Waals surface area contributed by atoms with Crippen molar-refractivity contribution in [1.82, 2.24) is 4.90 Å². The molecule has 0 spiro atoms. The molecule has 3 rings (SSSR count). The van der Waals surface area contributed by atoms with E-state index in [0.717, 1.165) is 12.8 Å². The van der Waals surface area contributed by atoms with Gasteiger partial charge in [0, 0.05) is 11.1 Å². The van der Waals surface area contributed by atoms with Crippen molar-refractivity contribution in [2.45, 2.75) is 18.9 Å². The Labute approximate surface area is 104 Å². The van der Waals surface area contributed by atoms with Crippen molar-refractivity contribution in [3.05, 3.63) is 28.8 Å². The van der Waals surface area contributed by atoms with Gasteiger partial charge in [-0.25, -0.2) is 0 Å². The maximum atomic E-state index is 12.3. The Hall–Kier alpha value is -1.55. The minimum absolute atomic E-state index is 0.108. The Kier molecular flexibility index (Phi) is 2.33. The largest absolute Gasteiger partial charge is 0.326 e. The number of carbonyl (C=O) groups excluding carboxylic acids is 2. The lowest BCUT2D eigenvalue weighted by molar-refractivity contribution is -0.116. The van der Waals surface area contributed by atoms with Gasteiger partial charge in [-0.05, 0) is 31.0 Å². The number of benzene rings is 1. The maximum absolute atomic E-state index is 12.3. The lowest BCUT2D eigenvalue weighted by Crippen LogP contribution is -2.36. The third-order valence-corrected chi connectivity index (χ3v) is 3.28. The van der Waals surface area contributed by atoms with Crippen LogP contribution in [0.3, 0.4) is 0 Å². The molecule has 88 valence electrons. The molecule has 5 heteroatoms. The minimum atomic E-state index is -0.147. The zero-order chi connectivity index (χ0) is 12.0. The van der Waals surface area contributed by atoms with Gasteiger partial charge in [0.25, 0.3) is 5.91 Å². The highest BCUT2D eigenvalue weighted by molar-refractivity contribution is 6.31. The van der Waals surface area contributed by atoms with E-state index in [1.165, 1.54) is 0 Å². The van der Waals surface area contributed by atoms with Crippen LogP contribution in [-0.4, -0.2) is 29.3 Å². The first kappa shape index (κ1) is 10.6. The molecule has 0 radical (unpaired) electrons. The van der Waals surface area contributed by atoms with Gasteiger partial charge in [-0.2, -0.15) is 0 Å². The van der Waals surface area contributed by atoms with Crippen molar-refractivity contribution in [2.75, 3.05) is 11.9 Å². The summed E-state index contributed by atoms with van der Waals surface area (Å²) < 4.78 is 0. The second kappa shape index (κ2) is 3.74. The summed E-state index contributed by atoms with van der Waals surface area (Å²) in [7, 11) is 0. The van der Waals surface area contributed by atoms with Crippen molar-refractivity contribution < 1.29 is 9.59 Å². The van der Waals surface area contributed by atoms with E-state index in [-0.39, 0.29) is 24.4 Å². The Morgan fingerprint density at radius 3 is 2.76 bits per heavy atom. The second-order valence-electron chi connectivity index (χ2n) is 4.40. The van der Waals surface area contributed by atoms with E-state index in [9.17, 15) is 9.59 Å². The second-order valence-corrected chi connectivity index (χ2v) is 4.84. The molecule has 1 N–H and O–H groups in total.